The standard InChI is InChI=1S/C24H30F3NO6.C12H9F3INO/c1-3-20-19(28-22(34-20)17-10-5-6-11-18(17)24(25,26)27)13-32-15-8-7-9-16(12-15)33-14-21(23(29)30)31-4-2;1-7-10(6-16)17-11(18-7)8-4-2-3-5-9(8)12(13,14)15/h5-6,10-11,15-16,21H,3-4,7-9,12-14H2,1-2H3,(H,29,30);2-5H,6H2,1H3/t15-,16+,21?;/m0./s1. The van der Waals surface area contributed by atoms with Crippen molar-refractivity contribution < 1.29 is 59.3 Å². The highest BCUT2D eigenvalue weighted by atomic mass is 127. The molecule has 2 aromatic carbocycles. The van der Waals surface area contributed by atoms with E-state index < -0.39 is 35.6 Å². The summed E-state index contributed by atoms with van der Waals surface area (Å²) in [7, 11) is 0. The Bertz CT molecular complexity index is 1760. The number of nitrogens with zero attached hydrogens (tertiary/aromatic N) is 2. The summed E-state index contributed by atoms with van der Waals surface area (Å²) >= 11 is 2.09. The fourth-order valence-corrected chi connectivity index (χ4v) is 6.31. The van der Waals surface area contributed by atoms with Gasteiger partial charge in [0.1, 0.15) is 17.2 Å². The lowest BCUT2D eigenvalue weighted by Gasteiger charge is -2.29. The third kappa shape index (κ3) is 11.0. The molecule has 16 heteroatoms. The molecule has 284 valence electrons. The maximum absolute atomic E-state index is 13.4. The van der Waals surface area contributed by atoms with Gasteiger partial charge >= 0.3 is 18.3 Å². The molecule has 1 unspecified atom stereocenters. The van der Waals surface area contributed by atoms with E-state index in [1.54, 1.807) is 13.8 Å². The molecule has 1 aliphatic rings. The predicted octanol–water partition coefficient (Wildman–Crippen LogP) is 9.86. The largest absolute Gasteiger partial charge is 0.479 e. The quantitative estimate of drug-likeness (QED) is 0.0797. The highest BCUT2D eigenvalue weighted by molar-refractivity contribution is 14.1. The smallest absolute Gasteiger partial charge is 0.417 e. The van der Waals surface area contributed by atoms with Crippen molar-refractivity contribution in [3.8, 4) is 22.9 Å². The molecular formula is C36H39F6IN2O7. The van der Waals surface area contributed by atoms with Crippen LogP contribution in [0.25, 0.3) is 22.9 Å². The number of carbonyl (C=O) groups is 1. The average molecular weight is 853 g/mol. The van der Waals surface area contributed by atoms with Crippen molar-refractivity contribution in [2.75, 3.05) is 13.2 Å². The molecule has 0 spiro atoms. The first-order valence-corrected chi connectivity index (χ1v) is 18.1. The number of carboxylic acids is 1. The molecule has 5 rings (SSSR count). The molecule has 1 N–H and O–H groups in total. The minimum Gasteiger partial charge on any atom is -0.479 e. The Morgan fingerprint density at radius 1 is 0.885 bits per heavy atom. The van der Waals surface area contributed by atoms with Crippen LogP contribution in [0.5, 0.6) is 0 Å². The molecule has 52 heavy (non-hydrogen) atoms. The van der Waals surface area contributed by atoms with Gasteiger partial charge in [-0.3, -0.25) is 0 Å². The molecule has 3 atom stereocenters. The molecule has 0 amide bonds. The van der Waals surface area contributed by atoms with E-state index in [0.29, 0.717) is 40.2 Å². The van der Waals surface area contributed by atoms with Crippen LogP contribution in [0.3, 0.4) is 0 Å². The average Bonchev–Trinajstić information content (AvgIpc) is 3.71. The minimum absolute atomic E-state index is 0.0205. The summed E-state index contributed by atoms with van der Waals surface area (Å²) < 4.78 is 107. The Kier molecular flexibility index (Phi) is 14.7. The van der Waals surface area contributed by atoms with Gasteiger partial charge in [-0.25, -0.2) is 14.8 Å². The Labute approximate surface area is 310 Å². The second-order valence-electron chi connectivity index (χ2n) is 11.8. The molecule has 0 saturated heterocycles. The minimum atomic E-state index is -4.52. The Hall–Kier alpha value is -3.48. The van der Waals surface area contributed by atoms with E-state index in [1.165, 1.54) is 36.4 Å². The molecule has 1 aliphatic carbocycles. The van der Waals surface area contributed by atoms with Crippen LogP contribution >= 0.6 is 22.6 Å². The van der Waals surface area contributed by atoms with E-state index in [4.69, 9.17) is 23.0 Å². The number of hydrogen-bond acceptors (Lipinski definition) is 8. The summed E-state index contributed by atoms with van der Waals surface area (Å²) in [5.74, 6) is -0.0876. The monoisotopic (exact) mass is 852 g/mol. The zero-order valence-electron chi connectivity index (χ0n) is 28.7. The normalized spacial score (nSPS) is 17.0. The van der Waals surface area contributed by atoms with Gasteiger partial charge in [-0.2, -0.15) is 26.3 Å². The topological polar surface area (TPSA) is 117 Å². The number of ether oxygens (including phenoxy) is 3. The summed E-state index contributed by atoms with van der Waals surface area (Å²) in [4.78, 5) is 19.6. The van der Waals surface area contributed by atoms with E-state index >= 15 is 0 Å². The van der Waals surface area contributed by atoms with Gasteiger partial charge in [0.15, 0.2) is 6.10 Å². The SMILES string of the molecule is CCOC(CO[C@@H]1CCC[C@H](OCc2nc(-c3ccccc3C(F)(F)F)oc2CC)C1)C(=O)O.Cc1oc(-c2ccccc2C(F)(F)F)nc1CI. The fraction of sp³-hybridized carbons (Fsp3) is 0.472. The second kappa shape index (κ2) is 18.5. The number of benzene rings is 2. The maximum Gasteiger partial charge on any atom is 0.417 e. The molecular weight excluding hydrogens is 813 g/mol. The van der Waals surface area contributed by atoms with E-state index in [1.807, 2.05) is 6.92 Å². The van der Waals surface area contributed by atoms with E-state index in [-0.39, 0.29) is 54.9 Å². The summed E-state index contributed by atoms with van der Waals surface area (Å²) in [5, 5.41) is 9.18. The number of carboxylic acid groups (broad SMARTS) is 1. The maximum atomic E-state index is 13.4. The number of hydrogen-bond donors (Lipinski definition) is 1. The predicted molar refractivity (Wildman–Crippen MR) is 186 cm³/mol. The molecule has 1 saturated carbocycles. The summed E-state index contributed by atoms with van der Waals surface area (Å²) in [6, 6.07) is 10.5. The first kappa shape index (κ1) is 41.3. The summed E-state index contributed by atoms with van der Waals surface area (Å²) in [5.41, 5.74) is -0.521. The van der Waals surface area contributed by atoms with Gasteiger partial charge in [0.25, 0.3) is 0 Å². The lowest BCUT2D eigenvalue weighted by molar-refractivity contribution is -0.157. The molecule has 2 aromatic heterocycles. The van der Waals surface area contributed by atoms with Crippen LogP contribution in [0.1, 0.15) is 73.6 Å². The molecule has 0 radical (unpaired) electrons. The van der Waals surface area contributed by atoms with E-state index in [0.717, 1.165) is 31.4 Å². The number of halogens is 7. The van der Waals surface area contributed by atoms with Gasteiger partial charge in [0.2, 0.25) is 11.8 Å². The van der Waals surface area contributed by atoms with Gasteiger partial charge in [-0.15, -0.1) is 0 Å². The second-order valence-corrected chi connectivity index (χ2v) is 12.6. The van der Waals surface area contributed by atoms with Crippen LogP contribution in [-0.2, 0) is 48.8 Å². The van der Waals surface area contributed by atoms with Crippen LogP contribution in [0.2, 0.25) is 0 Å². The Morgan fingerprint density at radius 2 is 1.42 bits per heavy atom. The van der Waals surface area contributed by atoms with Crippen LogP contribution in [0.15, 0.2) is 57.4 Å². The Balaban J connectivity index is 0.000000281. The fourth-order valence-electron chi connectivity index (χ4n) is 5.61. The van der Waals surface area contributed by atoms with Crippen molar-refractivity contribution in [3.63, 3.8) is 0 Å². The highest BCUT2D eigenvalue weighted by Crippen LogP contribution is 2.38. The lowest BCUT2D eigenvalue weighted by atomic mass is 9.95. The first-order valence-electron chi connectivity index (χ1n) is 16.6. The van der Waals surface area contributed by atoms with Crippen LogP contribution in [0, 0.1) is 6.92 Å². The molecule has 0 bridgehead atoms. The van der Waals surface area contributed by atoms with E-state index in [9.17, 15) is 36.2 Å². The molecule has 4 aromatic rings. The zero-order chi connectivity index (χ0) is 38.1. The molecule has 2 heterocycles. The first-order chi connectivity index (χ1) is 24.7. The van der Waals surface area contributed by atoms with Crippen molar-refractivity contribution in [2.24, 2.45) is 0 Å². The number of aliphatic carboxylic acids is 1. The van der Waals surface area contributed by atoms with Crippen molar-refractivity contribution in [1.29, 1.82) is 0 Å². The van der Waals surface area contributed by atoms with Crippen LogP contribution in [-0.4, -0.2) is 52.6 Å². The third-order valence-corrected chi connectivity index (χ3v) is 8.93. The lowest BCUT2D eigenvalue weighted by Crippen LogP contribution is -2.34. The number of aryl methyl sites for hydroxylation is 2. The van der Waals surface area contributed by atoms with Gasteiger partial charge < -0.3 is 28.2 Å². The number of rotatable bonds is 13. The van der Waals surface area contributed by atoms with Gasteiger partial charge in [-0.1, -0.05) is 53.8 Å². The highest BCUT2D eigenvalue weighted by Gasteiger charge is 2.36. The van der Waals surface area contributed by atoms with Crippen molar-refractivity contribution in [2.45, 2.75) is 94.6 Å². The summed E-state index contributed by atoms with van der Waals surface area (Å²) in [6.07, 6.45) is -6.74. The number of alkyl halides is 7. The van der Waals surface area contributed by atoms with Gasteiger partial charge in [-0.05, 0) is 63.8 Å². The van der Waals surface area contributed by atoms with Crippen LogP contribution < -0.4 is 0 Å². The van der Waals surface area contributed by atoms with E-state index in [2.05, 4.69) is 32.6 Å². The molecule has 0 aliphatic heterocycles. The molecule has 9 nitrogen and oxygen atoms in total. The zero-order valence-corrected chi connectivity index (χ0v) is 30.8. The molecule has 1 fully saturated rings. The van der Waals surface area contributed by atoms with Crippen molar-refractivity contribution in [3.05, 3.63) is 82.6 Å². The van der Waals surface area contributed by atoms with Gasteiger partial charge in [0, 0.05) is 28.6 Å². The Morgan fingerprint density at radius 3 is 1.92 bits per heavy atom. The van der Waals surface area contributed by atoms with Crippen molar-refractivity contribution in [1.82, 2.24) is 9.97 Å². The third-order valence-electron chi connectivity index (χ3n) is 8.20. The number of aromatic nitrogens is 2. The summed E-state index contributed by atoms with van der Waals surface area (Å²) in [6.45, 7) is 5.61. The van der Waals surface area contributed by atoms with Crippen molar-refractivity contribution >= 4 is 28.6 Å². The number of oxazole rings is 2. The van der Waals surface area contributed by atoms with Crippen LogP contribution in [0.4, 0.5) is 26.3 Å². The van der Waals surface area contributed by atoms with Gasteiger partial charge in [0.05, 0.1) is 42.2 Å².